The standard InChI is InChI=1S/C34H39Cl3N4O8/c1-7-8-45-30-18(3)21-14-48-49-31(21)27-20(30)11-23-28-26-19(9-17(2)29(44-6)32(26)47-16-43-5)10-22(40(28)4)24(12-38)41(23)25(27)13-39-33(42)46-15-34(35,36)37/h7,9,22-25,28H,1,8,10-11,13-16H2,2-6H3,(H,39,42)/t22-,23?,24?,25-,28-/m0/s1. The number of benzene rings is 2. The number of methoxy groups -OCH3 is 2. The van der Waals surface area contributed by atoms with Gasteiger partial charge in [0, 0.05) is 53.6 Å². The molecular formula is C34H39Cl3N4O8. The first-order chi connectivity index (χ1) is 23.4. The number of alkyl carbamates (subject to hydrolysis) is 1. The summed E-state index contributed by atoms with van der Waals surface area (Å²) < 4.78 is 27.3. The molecule has 1 fully saturated rings. The number of nitrogens with one attached hydrogen (secondary N) is 1. The number of nitriles is 1. The second-order valence-electron chi connectivity index (χ2n) is 12.5. The van der Waals surface area contributed by atoms with Gasteiger partial charge in [0.1, 0.15) is 31.6 Å². The van der Waals surface area contributed by atoms with Crippen LogP contribution in [0.25, 0.3) is 0 Å². The minimum absolute atomic E-state index is 0.0230. The minimum atomic E-state index is -1.78. The number of aryl methyl sites for hydroxylation is 1. The fourth-order valence-electron chi connectivity index (χ4n) is 8.01. The van der Waals surface area contributed by atoms with E-state index in [2.05, 4.69) is 33.8 Å². The van der Waals surface area contributed by atoms with Gasteiger partial charge < -0.3 is 33.9 Å². The predicted octanol–water partition coefficient (Wildman–Crippen LogP) is 5.55. The van der Waals surface area contributed by atoms with Gasteiger partial charge in [-0.1, -0.05) is 53.5 Å². The van der Waals surface area contributed by atoms with Gasteiger partial charge in [0.25, 0.3) is 0 Å². The topological polar surface area (TPSA) is 124 Å². The molecule has 1 amide bonds. The Morgan fingerprint density at radius 3 is 2.59 bits per heavy atom. The Kier molecular flexibility index (Phi) is 10.4. The van der Waals surface area contributed by atoms with E-state index < -0.39 is 28.6 Å². The number of alkyl halides is 3. The number of carbonyl (C=O) groups is 1. The van der Waals surface area contributed by atoms with Crippen LogP contribution in [0.2, 0.25) is 0 Å². The molecule has 4 heterocycles. The highest BCUT2D eigenvalue weighted by atomic mass is 35.6. The van der Waals surface area contributed by atoms with E-state index in [9.17, 15) is 10.1 Å². The van der Waals surface area contributed by atoms with Crippen LogP contribution in [0.15, 0.2) is 18.7 Å². The molecule has 2 bridgehead atoms. The molecule has 49 heavy (non-hydrogen) atoms. The highest BCUT2D eigenvalue weighted by molar-refractivity contribution is 6.67. The molecule has 264 valence electrons. The summed E-state index contributed by atoms with van der Waals surface area (Å²) >= 11 is 17.5. The highest BCUT2D eigenvalue weighted by Gasteiger charge is 2.57. The average molecular weight is 738 g/mol. The zero-order valence-corrected chi connectivity index (χ0v) is 30.2. The van der Waals surface area contributed by atoms with Crippen LogP contribution in [-0.4, -0.2) is 85.6 Å². The summed E-state index contributed by atoms with van der Waals surface area (Å²) in [6.45, 7) is 7.93. The van der Waals surface area contributed by atoms with Crippen molar-refractivity contribution in [1.29, 1.82) is 5.26 Å². The summed E-state index contributed by atoms with van der Waals surface area (Å²) in [5.74, 6) is 2.47. The largest absolute Gasteiger partial charge is 0.493 e. The molecule has 15 heteroatoms. The van der Waals surface area contributed by atoms with E-state index in [0.29, 0.717) is 35.8 Å². The summed E-state index contributed by atoms with van der Waals surface area (Å²) in [6, 6.07) is 2.83. The highest BCUT2D eigenvalue weighted by Crippen LogP contribution is 2.57. The van der Waals surface area contributed by atoms with E-state index in [4.69, 9.17) is 68.3 Å². The molecule has 2 unspecified atom stereocenters. The number of rotatable bonds is 10. The van der Waals surface area contributed by atoms with Crippen molar-refractivity contribution in [2.45, 2.75) is 67.3 Å². The Hall–Kier alpha value is -3.15. The van der Waals surface area contributed by atoms with E-state index in [1.54, 1.807) is 20.3 Å². The monoisotopic (exact) mass is 736 g/mol. The zero-order chi connectivity index (χ0) is 35.2. The molecule has 6 rings (SSSR count). The normalized spacial score (nSPS) is 23.9. The van der Waals surface area contributed by atoms with Gasteiger partial charge in [-0.3, -0.25) is 9.80 Å². The van der Waals surface area contributed by atoms with Crippen molar-refractivity contribution in [2.24, 2.45) is 0 Å². The zero-order valence-electron chi connectivity index (χ0n) is 27.9. The third-order valence-corrected chi connectivity index (χ3v) is 10.2. The number of likely N-dealkylation sites (N-methyl/N-ethyl adjacent to an activating group) is 1. The third kappa shape index (κ3) is 6.35. The summed E-state index contributed by atoms with van der Waals surface area (Å²) in [6.07, 6.45) is 1.97. The van der Waals surface area contributed by atoms with E-state index in [-0.39, 0.29) is 44.7 Å². The van der Waals surface area contributed by atoms with Gasteiger partial charge in [0.05, 0.1) is 25.3 Å². The number of amides is 1. The molecular weight excluding hydrogens is 699 g/mol. The minimum Gasteiger partial charge on any atom is -0.493 e. The molecule has 5 atom stereocenters. The van der Waals surface area contributed by atoms with E-state index in [1.165, 1.54) is 0 Å². The molecule has 0 aromatic heterocycles. The van der Waals surface area contributed by atoms with Crippen LogP contribution < -0.4 is 24.4 Å². The van der Waals surface area contributed by atoms with Crippen LogP contribution in [0, 0.1) is 25.2 Å². The van der Waals surface area contributed by atoms with E-state index in [1.807, 2.05) is 20.9 Å². The van der Waals surface area contributed by atoms with Gasteiger partial charge in [-0.2, -0.15) is 10.1 Å². The summed E-state index contributed by atoms with van der Waals surface area (Å²) in [7, 11) is 5.24. The van der Waals surface area contributed by atoms with Gasteiger partial charge in [-0.15, -0.1) is 0 Å². The number of halogens is 3. The number of hydrogen-bond acceptors (Lipinski definition) is 11. The van der Waals surface area contributed by atoms with Gasteiger partial charge in [0.15, 0.2) is 24.0 Å². The number of nitrogens with zero attached hydrogens (tertiary/aromatic N) is 3. The van der Waals surface area contributed by atoms with Gasteiger partial charge in [-0.05, 0) is 44.9 Å². The molecule has 1 N–H and O–H groups in total. The van der Waals surface area contributed by atoms with Crippen molar-refractivity contribution in [1.82, 2.24) is 15.1 Å². The van der Waals surface area contributed by atoms with Crippen LogP contribution >= 0.6 is 34.8 Å². The lowest BCUT2D eigenvalue weighted by Crippen LogP contribution is -2.68. The maximum absolute atomic E-state index is 13.0. The van der Waals surface area contributed by atoms with E-state index >= 15 is 0 Å². The molecule has 2 aromatic rings. The Morgan fingerprint density at radius 1 is 1.14 bits per heavy atom. The fourth-order valence-corrected chi connectivity index (χ4v) is 8.17. The summed E-state index contributed by atoms with van der Waals surface area (Å²) in [5, 5.41) is 13.8. The van der Waals surface area contributed by atoms with Gasteiger partial charge in [-0.25, -0.2) is 4.79 Å². The Morgan fingerprint density at radius 2 is 1.92 bits per heavy atom. The van der Waals surface area contributed by atoms with Crippen molar-refractivity contribution >= 4 is 40.9 Å². The van der Waals surface area contributed by atoms with Crippen molar-refractivity contribution < 1.29 is 38.3 Å². The first-order valence-electron chi connectivity index (χ1n) is 15.8. The quantitative estimate of drug-likeness (QED) is 0.143. The lowest BCUT2D eigenvalue weighted by atomic mass is 9.71. The molecule has 2 aromatic carbocycles. The molecule has 1 saturated heterocycles. The Bertz CT molecular complexity index is 1680. The maximum atomic E-state index is 13.0. The van der Waals surface area contributed by atoms with Crippen LogP contribution in [-0.2, 0) is 33.8 Å². The lowest BCUT2D eigenvalue weighted by molar-refractivity contribution is -0.195. The molecule has 12 nitrogen and oxygen atoms in total. The van der Waals surface area contributed by atoms with Crippen LogP contribution in [0.3, 0.4) is 0 Å². The Labute approximate surface area is 300 Å². The number of hydrogen-bond donors (Lipinski definition) is 1. The van der Waals surface area contributed by atoms with E-state index in [0.717, 1.165) is 38.9 Å². The maximum Gasteiger partial charge on any atom is 0.407 e. The predicted molar refractivity (Wildman–Crippen MR) is 182 cm³/mol. The van der Waals surface area contributed by atoms with Gasteiger partial charge in [0.2, 0.25) is 3.79 Å². The molecule has 0 saturated carbocycles. The molecule has 4 aliphatic rings. The molecule has 0 aliphatic carbocycles. The SMILES string of the molecule is C=CCOc1c(C)c2c(c3c1CC1[C@H]4c5c(cc(C)c(OC)c5OCOC)C[C@@H](C(C#N)N1[C@H]3CNC(=O)OCC(Cl)(Cl)Cl)N4C)OOC2. The third-order valence-electron chi connectivity index (χ3n) is 9.84. The molecule has 4 aliphatic heterocycles. The number of piperazine rings is 1. The van der Waals surface area contributed by atoms with Crippen molar-refractivity contribution in [3.8, 4) is 29.1 Å². The Balaban J connectivity index is 1.55. The lowest BCUT2D eigenvalue weighted by Gasteiger charge is -2.60. The number of ether oxygens (including phenoxy) is 5. The second-order valence-corrected chi connectivity index (χ2v) is 15.1. The van der Waals surface area contributed by atoms with Crippen molar-refractivity contribution in [2.75, 3.05) is 47.8 Å². The smallest absolute Gasteiger partial charge is 0.407 e. The number of fused-ring (bicyclic) bond motifs is 9. The average Bonchev–Trinajstić information content (AvgIpc) is 3.55. The van der Waals surface area contributed by atoms with Crippen LogP contribution in [0.1, 0.15) is 51.0 Å². The first-order valence-corrected chi connectivity index (χ1v) is 17.0. The summed E-state index contributed by atoms with van der Waals surface area (Å²) in [4.78, 5) is 28.8. The van der Waals surface area contributed by atoms with Crippen molar-refractivity contribution in [3.63, 3.8) is 0 Å². The van der Waals surface area contributed by atoms with Gasteiger partial charge >= 0.3 is 6.09 Å². The van der Waals surface area contributed by atoms with Crippen LogP contribution in [0.5, 0.6) is 23.0 Å². The summed E-state index contributed by atoms with van der Waals surface area (Å²) in [5.41, 5.74) is 6.36. The second kappa shape index (κ2) is 14.2. The first kappa shape index (κ1) is 35.7. The number of carbonyl (C=O) groups excluding carboxylic acids is 1. The van der Waals surface area contributed by atoms with Crippen molar-refractivity contribution in [3.05, 3.63) is 57.7 Å². The fraction of sp³-hybridized carbons (Fsp3) is 0.529. The molecule has 0 spiro atoms. The molecule has 0 radical (unpaired) electrons. The van der Waals surface area contributed by atoms with Crippen LogP contribution in [0.4, 0.5) is 4.79 Å².